The Morgan fingerprint density at radius 2 is 1.62 bits per heavy atom. The van der Waals surface area contributed by atoms with Crippen molar-refractivity contribution in [3.63, 3.8) is 0 Å². The van der Waals surface area contributed by atoms with Crippen LogP contribution in [0.25, 0.3) is 28.0 Å². The number of fused-ring (bicyclic) bond motifs is 6. The summed E-state index contributed by atoms with van der Waals surface area (Å²) in [4.78, 5) is 2.25. The minimum absolute atomic E-state index is 0.102. The highest BCUT2D eigenvalue weighted by atomic mass is 16.7. The molecule has 4 aromatic rings. The van der Waals surface area contributed by atoms with Crippen molar-refractivity contribution < 1.29 is 28.8 Å². The number of nitrogens with zero attached hydrogens (tertiary/aromatic N) is 1. The Hall–Kier alpha value is -4.52. The van der Waals surface area contributed by atoms with Crippen LogP contribution in [0.1, 0.15) is 17.2 Å². The lowest BCUT2D eigenvalue weighted by atomic mass is 9.85. The maximum atomic E-state index is 10.0. The second-order valence-electron chi connectivity index (χ2n) is 9.00. The zero-order valence-electron chi connectivity index (χ0n) is 21.1. The summed E-state index contributed by atoms with van der Waals surface area (Å²) < 4.78 is 28.2. The number of phenols is 1. The third-order valence-electron chi connectivity index (χ3n) is 7.10. The van der Waals surface area contributed by atoms with Gasteiger partial charge >= 0.3 is 0 Å². The molecule has 4 aromatic carbocycles. The molecule has 0 radical (unpaired) electrons. The number of likely N-dealkylation sites (N-methyl/N-ethyl adjacent to an activating group) is 1. The third-order valence-corrected chi connectivity index (χ3v) is 7.10. The Morgan fingerprint density at radius 1 is 0.865 bits per heavy atom. The van der Waals surface area contributed by atoms with E-state index in [1.165, 1.54) is 0 Å². The van der Waals surface area contributed by atoms with Crippen molar-refractivity contribution in [1.29, 1.82) is 0 Å². The van der Waals surface area contributed by atoms with Crippen molar-refractivity contribution in [1.82, 2.24) is 0 Å². The number of rotatable bonds is 5. The van der Waals surface area contributed by atoms with Crippen LogP contribution in [0.4, 0.5) is 5.69 Å². The smallest absolute Gasteiger partial charge is 0.231 e. The molecule has 0 aliphatic carbocycles. The number of aromatic hydroxyl groups is 1. The van der Waals surface area contributed by atoms with E-state index in [0.29, 0.717) is 17.2 Å². The van der Waals surface area contributed by atoms with Gasteiger partial charge in [-0.2, -0.15) is 0 Å². The number of phenolic OH excluding ortho intramolecular Hbond substituents is 1. The van der Waals surface area contributed by atoms with Crippen LogP contribution in [0, 0.1) is 0 Å². The Kier molecular flexibility index (Phi) is 5.48. The number of methoxy groups -OCH3 is 3. The van der Waals surface area contributed by atoms with Crippen LogP contribution in [0.15, 0.2) is 60.7 Å². The fourth-order valence-electron chi connectivity index (χ4n) is 5.33. The average molecular weight is 498 g/mol. The van der Waals surface area contributed by atoms with Gasteiger partial charge in [0.2, 0.25) is 6.79 Å². The van der Waals surface area contributed by atoms with Gasteiger partial charge in [0.1, 0.15) is 0 Å². The first-order valence-electron chi connectivity index (χ1n) is 11.9. The van der Waals surface area contributed by atoms with Crippen LogP contribution < -0.4 is 28.6 Å². The first-order chi connectivity index (χ1) is 18.0. The second-order valence-corrected chi connectivity index (χ2v) is 9.00. The fraction of sp³-hybridized carbons (Fsp3) is 0.200. The van der Waals surface area contributed by atoms with E-state index in [4.69, 9.17) is 23.7 Å². The minimum Gasteiger partial charge on any atom is -0.504 e. The summed E-state index contributed by atoms with van der Waals surface area (Å²) in [6.45, 7) is 0.227. The lowest BCUT2D eigenvalue weighted by molar-refractivity contribution is 0.174. The molecule has 0 unspecified atom stereocenters. The summed E-state index contributed by atoms with van der Waals surface area (Å²) in [5.41, 5.74) is 5.18. The molecular weight excluding hydrogens is 470 g/mol. The molecule has 0 fully saturated rings. The quantitative estimate of drug-likeness (QED) is 0.354. The highest BCUT2D eigenvalue weighted by Crippen LogP contribution is 2.54. The van der Waals surface area contributed by atoms with E-state index >= 15 is 0 Å². The van der Waals surface area contributed by atoms with Crippen LogP contribution in [0.2, 0.25) is 0 Å². The Bertz CT molecular complexity index is 1560. The Balaban J connectivity index is 1.57. The topological polar surface area (TPSA) is 69.6 Å². The molecule has 0 amide bonds. The van der Waals surface area contributed by atoms with Crippen molar-refractivity contribution in [3.8, 4) is 45.6 Å². The van der Waals surface area contributed by atoms with Gasteiger partial charge in [-0.25, -0.2) is 0 Å². The molecule has 1 N–H and O–H groups in total. The fourth-order valence-corrected chi connectivity index (χ4v) is 5.33. The molecule has 0 aromatic heterocycles. The normalized spacial score (nSPS) is 15.6. The lowest BCUT2D eigenvalue weighted by Gasteiger charge is -2.38. The Labute approximate surface area is 215 Å². The highest BCUT2D eigenvalue weighted by Gasteiger charge is 2.33. The molecule has 1 atom stereocenters. The third kappa shape index (κ3) is 3.57. The average Bonchev–Trinajstić information content (AvgIpc) is 3.38. The van der Waals surface area contributed by atoms with Crippen LogP contribution in [0.5, 0.6) is 34.5 Å². The minimum atomic E-state index is -0.177. The van der Waals surface area contributed by atoms with Crippen molar-refractivity contribution in [3.05, 3.63) is 71.8 Å². The first-order valence-corrected chi connectivity index (χ1v) is 11.9. The van der Waals surface area contributed by atoms with Crippen molar-refractivity contribution in [2.75, 3.05) is 40.1 Å². The molecule has 0 spiro atoms. The summed E-state index contributed by atoms with van der Waals surface area (Å²) in [6.07, 6.45) is 4.15. The Morgan fingerprint density at radius 3 is 2.38 bits per heavy atom. The molecule has 2 aliphatic heterocycles. The molecule has 7 heteroatoms. The van der Waals surface area contributed by atoms with E-state index in [2.05, 4.69) is 42.3 Å². The van der Waals surface area contributed by atoms with Gasteiger partial charge in [0.15, 0.2) is 34.5 Å². The van der Waals surface area contributed by atoms with E-state index in [0.717, 1.165) is 50.2 Å². The van der Waals surface area contributed by atoms with Gasteiger partial charge in [0, 0.05) is 23.6 Å². The van der Waals surface area contributed by atoms with E-state index in [1.807, 2.05) is 30.3 Å². The summed E-state index contributed by atoms with van der Waals surface area (Å²) >= 11 is 0. The van der Waals surface area contributed by atoms with Gasteiger partial charge in [0.05, 0.1) is 33.1 Å². The monoisotopic (exact) mass is 497 g/mol. The van der Waals surface area contributed by atoms with Crippen molar-refractivity contribution in [2.24, 2.45) is 0 Å². The molecule has 2 heterocycles. The number of benzene rings is 4. The predicted molar refractivity (Wildman–Crippen MR) is 143 cm³/mol. The van der Waals surface area contributed by atoms with Crippen LogP contribution >= 0.6 is 0 Å². The zero-order chi connectivity index (χ0) is 25.7. The van der Waals surface area contributed by atoms with Gasteiger partial charge in [-0.15, -0.1) is 0 Å². The number of hydrogen-bond acceptors (Lipinski definition) is 7. The van der Waals surface area contributed by atoms with E-state index in [9.17, 15) is 5.11 Å². The highest BCUT2D eigenvalue weighted by molar-refractivity contribution is 6.06. The van der Waals surface area contributed by atoms with E-state index in [-0.39, 0.29) is 18.6 Å². The summed E-state index contributed by atoms with van der Waals surface area (Å²) in [5, 5.41) is 12.2. The molecule has 0 saturated carbocycles. The molecule has 37 heavy (non-hydrogen) atoms. The molecule has 7 nitrogen and oxygen atoms in total. The SMILES string of the molecule is COc1cc(C=C[C@@H]2c3c(ccc(OC)c3OC)-c3ccc4cc5c(cc4c3N2C)OCO5)ccc1O. The summed E-state index contributed by atoms with van der Waals surface area (Å²) in [6, 6.07) is 17.5. The predicted octanol–water partition coefficient (Wildman–Crippen LogP) is 6.17. The molecule has 0 saturated heterocycles. The van der Waals surface area contributed by atoms with Gasteiger partial charge in [-0.1, -0.05) is 30.4 Å². The largest absolute Gasteiger partial charge is 0.504 e. The molecule has 188 valence electrons. The first kappa shape index (κ1) is 22.9. The van der Waals surface area contributed by atoms with E-state index < -0.39 is 0 Å². The molecule has 2 aliphatic rings. The van der Waals surface area contributed by atoms with Gasteiger partial charge < -0.3 is 33.7 Å². The molecule has 0 bridgehead atoms. The van der Waals surface area contributed by atoms with Gasteiger partial charge in [0.25, 0.3) is 0 Å². The maximum Gasteiger partial charge on any atom is 0.231 e. The number of hydrogen-bond donors (Lipinski definition) is 1. The zero-order valence-corrected chi connectivity index (χ0v) is 21.1. The number of anilines is 1. The van der Waals surface area contributed by atoms with Crippen molar-refractivity contribution in [2.45, 2.75) is 6.04 Å². The van der Waals surface area contributed by atoms with Crippen LogP contribution in [0.3, 0.4) is 0 Å². The molecule has 6 rings (SSSR count). The van der Waals surface area contributed by atoms with E-state index in [1.54, 1.807) is 27.4 Å². The maximum absolute atomic E-state index is 10.0. The van der Waals surface area contributed by atoms with Gasteiger partial charge in [-0.3, -0.25) is 0 Å². The van der Waals surface area contributed by atoms with Crippen LogP contribution in [-0.2, 0) is 0 Å². The standard InChI is InChI=1S/C30H27NO6/c1-31-22(10-5-17-6-11-23(32)25(13-17)34-3)28-19(9-12-24(33-2)30(28)35-4)20-8-7-18-14-26-27(37-16-36-26)15-21(18)29(20)31/h5-15,22,32H,16H2,1-4H3/t22-/m1/s1. The molecular formula is C30H27NO6. The summed E-state index contributed by atoms with van der Waals surface area (Å²) in [5.74, 6) is 3.40. The number of ether oxygens (including phenoxy) is 5. The lowest BCUT2D eigenvalue weighted by Crippen LogP contribution is -2.28. The second kappa shape index (κ2) is 8.85. The van der Waals surface area contributed by atoms with Gasteiger partial charge in [-0.05, 0) is 52.9 Å². The van der Waals surface area contributed by atoms with Crippen molar-refractivity contribution >= 4 is 22.5 Å². The summed E-state index contributed by atoms with van der Waals surface area (Å²) in [7, 11) is 6.93. The van der Waals surface area contributed by atoms with Crippen LogP contribution in [-0.4, -0.2) is 40.3 Å².